The standard InChI is InChI=1S/C20H23N3O2/c1-14-8-10-17(11-9-14)20-22-21-19(25-20)15(2)23(3)13-16-6-5-7-18(12-16)24-4/h5-12,15H,13H2,1-4H3. The average Bonchev–Trinajstić information content (AvgIpc) is 3.12. The van der Waals surface area contributed by atoms with E-state index in [0.717, 1.165) is 17.9 Å². The van der Waals surface area contributed by atoms with Crippen LogP contribution in [-0.2, 0) is 6.54 Å². The Balaban J connectivity index is 1.71. The fourth-order valence-corrected chi connectivity index (χ4v) is 2.60. The van der Waals surface area contributed by atoms with Crippen molar-refractivity contribution in [2.75, 3.05) is 14.2 Å². The minimum absolute atomic E-state index is 0.0119. The van der Waals surface area contributed by atoms with E-state index in [2.05, 4.69) is 35.0 Å². The molecule has 0 N–H and O–H groups in total. The first-order valence-corrected chi connectivity index (χ1v) is 8.30. The maximum atomic E-state index is 5.89. The second kappa shape index (κ2) is 7.49. The monoisotopic (exact) mass is 337 g/mol. The van der Waals surface area contributed by atoms with Crippen LogP contribution in [0.15, 0.2) is 52.9 Å². The van der Waals surface area contributed by atoms with Gasteiger partial charge in [-0.3, -0.25) is 4.90 Å². The van der Waals surface area contributed by atoms with E-state index in [0.29, 0.717) is 11.8 Å². The molecule has 0 amide bonds. The molecule has 0 saturated carbocycles. The van der Waals surface area contributed by atoms with Crippen molar-refractivity contribution in [3.8, 4) is 17.2 Å². The lowest BCUT2D eigenvalue weighted by Crippen LogP contribution is -2.22. The predicted molar refractivity (Wildman–Crippen MR) is 97.3 cm³/mol. The zero-order valence-corrected chi connectivity index (χ0v) is 15.1. The number of nitrogens with zero attached hydrogens (tertiary/aromatic N) is 3. The molecule has 130 valence electrons. The summed E-state index contributed by atoms with van der Waals surface area (Å²) in [4.78, 5) is 2.17. The number of aryl methyl sites for hydroxylation is 1. The van der Waals surface area contributed by atoms with Crippen LogP contribution in [0, 0.1) is 6.92 Å². The first kappa shape index (κ1) is 17.2. The van der Waals surface area contributed by atoms with Crippen LogP contribution >= 0.6 is 0 Å². The molecule has 0 aliphatic rings. The van der Waals surface area contributed by atoms with E-state index >= 15 is 0 Å². The second-order valence-corrected chi connectivity index (χ2v) is 6.25. The molecular formula is C20H23N3O2. The smallest absolute Gasteiger partial charge is 0.247 e. The van der Waals surface area contributed by atoms with Gasteiger partial charge in [0, 0.05) is 12.1 Å². The van der Waals surface area contributed by atoms with Gasteiger partial charge in [-0.15, -0.1) is 10.2 Å². The van der Waals surface area contributed by atoms with Crippen molar-refractivity contribution in [2.45, 2.75) is 26.4 Å². The number of benzene rings is 2. The summed E-state index contributed by atoms with van der Waals surface area (Å²) in [5, 5.41) is 8.42. The van der Waals surface area contributed by atoms with Gasteiger partial charge in [0.2, 0.25) is 11.8 Å². The minimum Gasteiger partial charge on any atom is -0.497 e. The van der Waals surface area contributed by atoms with E-state index in [9.17, 15) is 0 Å². The molecule has 0 aliphatic heterocycles. The number of ether oxygens (including phenoxy) is 1. The molecule has 0 aliphatic carbocycles. The van der Waals surface area contributed by atoms with Gasteiger partial charge in [0.1, 0.15) is 5.75 Å². The van der Waals surface area contributed by atoms with E-state index < -0.39 is 0 Å². The van der Waals surface area contributed by atoms with E-state index in [4.69, 9.17) is 9.15 Å². The molecule has 0 bridgehead atoms. The molecule has 25 heavy (non-hydrogen) atoms. The van der Waals surface area contributed by atoms with Crippen molar-refractivity contribution in [3.63, 3.8) is 0 Å². The van der Waals surface area contributed by atoms with Gasteiger partial charge in [-0.25, -0.2) is 0 Å². The van der Waals surface area contributed by atoms with Gasteiger partial charge in [-0.1, -0.05) is 29.8 Å². The lowest BCUT2D eigenvalue weighted by Gasteiger charge is -2.21. The largest absolute Gasteiger partial charge is 0.497 e. The Morgan fingerprint density at radius 1 is 1.12 bits per heavy atom. The molecule has 1 heterocycles. The van der Waals surface area contributed by atoms with E-state index in [-0.39, 0.29) is 6.04 Å². The van der Waals surface area contributed by atoms with Crippen molar-refractivity contribution >= 4 is 0 Å². The summed E-state index contributed by atoms with van der Waals surface area (Å²) >= 11 is 0. The number of rotatable bonds is 6. The van der Waals surface area contributed by atoms with Gasteiger partial charge >= 0.3 is 0 Å². The predicted octanol–water partition coefficient (Wildman–Crippen LogP) is 4.25. The Morgan fingerprint density at radius 3 is 2.60 bits per heavy atom. The summed E-state index contributed by atoms with van der Waals surface area (Å²) in [6.45, 7) is 4.88. The van der Waals surface area contributed by atoms with E-state index in [1.54, 1.807) is 7.11 Å². The highest BCUT2D eigenvalue weighted by atomic mass is 16.5. The van der Waals surface area contributed by atoms with Crippen LogP contribution in [-0.4, -0.2) is 29.3 Å². The minimum atomic E-state index is 0.0119. The van der Waals surface area contributed by atoms with Crippen molar-refractivity contribution in [1.82, 2.24) is 15.1 Å². The van der Waals surface area contributed by atoms with Crippen LogP contribution in [0.25, 0.3) is 11.5 Å². The molecule has 1 aromatic heterocycles. The summed E-state index contributed by atoms with van der Waals surface area (Å²) in [6.07, 6.45) is 0. The van der Waals surface area contributed by atoms with Gasteiger partial charge in [-0.05, 0) is 50.7 Å². The molecule has 0 saturated heterocycles. The maximum absolute atomic E-state index is 5.89. The normalized spacial score (nSPS) is 12.4. The van der Waals surface area contributed by atoms with Gasteiger partial charge < -0.3 is 9.15 Å². The van der Waals surface area contributed by atoms with Crippen LogP contribution in [0.5, 0.6) is 5.75 Å². The highest BCUT2D eigenvalue weighted by Gasteiger charge is 2.19. The lowest BCUT2D eigenvalue weighted by molar-refractivity contribution is 0.218. The third kappa shape index (κ3) is 4.06. The molecule has 3 aromatic rings. The topological polar surface area (TPSA) is 51.4 Å². The molecule has 0 radical (unpaired) electrons. The van der Waals surface area contributed by atoms with E-state index in [1.807, 2.05) is 49.5 Å². The Labute approximate surface area is 148 Å². The summed E-state index contributed by atoms with van der Waals surface area (Å²) < 4.78 is 11.2. The van der Waals surface area contributed by atoms with Gasteiger partial charge in [0.15, 0.2) is 0 Å². The van der Waals surface area contributed by atoms with Crippen LogP contribution in [0.1, 0.15) is 30.0 Å². The van der Waals surface area contributed by atoms with Crippen molar-refractivity contribution < 1.29 is 9.15 Å². The Hall–Kier alpha value is -2.66. The Kier molecular flexibility index (Phi) is 5.14. The second-order valence-electron chi connectivity index (χ2n) is 6.25. The van der Waals surface area contributed by atoms with Gasteiger partial charge in [-0.2, -0.15) is 0 Å². The first-order valence-electron chi connectivity index (χ1n) is 8.30. The van der Waals surface area contributed by atoms with Crippen LogP contribution < -0.4 is 4.74 Å². The molecule has 2 aromatic carbocycles. The summed E-state index contributed by atoms with van der Waals surface area (Å²) in [7, 11) is 3.72. The number of hydrogen-bond donors (Lipinski definition) is 0. The third-order valence-corrected chi connectivity index (χ3v) is 4.32. The molecule has 1 atom stereocenters. The van der Waals surface area contributed by atoms with Gasteiger partial charge in [0.05, 0.1) is 13.2 Å². The van der Waals surface area contributed by atoms with Crippen molar-refractivity contribution in [2.24, 2.45) is 0 Å². The summed E-state index contributed by atoms with van der Waals surface area (Å²) in [5.41, 5.74) is 3.31. The van der Waals surface area contributed by atoms with Crippen LogP contribution in [0.2, 0.25) is 0 Å². The van der Waals surface area contributed by atoms with Crippen molar-refractivity contribution in [1.29, 1.82) is 0 Å². The molecular weight excluding hydrogens is 314 g/mol. The van der Waals surface area contributed by atoms with Crippen molar-refractivity contribution in [3.05, 3.63) is 65.5 Å². The molecule has 0 spiro atoms. The Morgan fingerprint density at radius 2 is 1.88 bits per heavy atom. The Bertz CT molecular complexity index is 827. The number of aromatic nitrogens is 2. The quantitative estimate of drug-likeness (QED) is 0.673. The molecule has 3 rings (SSSR count). The maximum Gasteiger partial charge on any atom is 0.247 e. The fourth-order valence-electron chi connectivity index (χ4n) is 2.60. The third-order valence-electron chi connectivity index (χ3n) is 4.32. The molecule has 5 nitrogen and oxygen atoms in total. The highest BCUT2D eigenvalue weighted by molar-refractivity contribution is 5.52. The zero-order chi connectivity index (χ0) is 17.8. The number of methoxy groups -OCH3 is 1. The summed E-state index contributed by atoms with van der Waals surface area (Å²) in [5.74, 6) is 2.02. The average molecular weight is 337 g/mol. The van der Waals surface area contributed by atoms with Crippen LogP contribution in [0.3, 0.4) is 0 Å². The van der Waals surface area contributed by atoms with E-state index in [1.165, 1.54) is 11.1 Å². The molecule has 1 unspecified atom stereocenters. The first-order chi connectivity index (χ1) is 12.1. The lowest BCUT2D eigenvalue weighted by atomic mass is 10.1. The van der Waals surface area contributed by atoms with Gasteiger partial charge in [0.25, 0.3) is 0 Å². The number of hydrogen-bond acceptors (Lipinski definition) is 5. The summed E-state index contributed by atoms with van der Waals surface area (Å²) in [6, 6.07) is 16.1. The zero-order valence-electron chi connectivity index (χ0n) is 15.1. The molecule has 5 heteroatoms. The fraction of sp³-hybridized carbons (Fsp3) is 0.300. The SMILES string of the molecule is COc1cccc(CN(C)C(C)c2nnc(-c3ccc(C)cc3)o2)c1. The highest BCUT2D eigenvalue weighted by Crippen LogP contribution is 2.25. The van der Waals surface area contributed by atoms with Crippen LogP contribution in [0.4, 0.5) is 0 Å². The molecule has 0 fully saturated rings.